The molecular formula is C20H23FO8. The maximum atomic E-state index is 13.7. The molecule has 9 heteroatoms. The van der Waals surface area contributed by atoms with Crippen LogP contribution in [0.2, 0.25) is 0 Å². The van der Waals surface area contributed by atoms with E-state index in [1.54, 1.807) is 12.1 Å². The number of alkyl halides is 1. The molecule has 1 fully saturated rings. The van der Waals surface area contributed by atoms with Crippen molar-refractivity contribution in [1.82, 2.24) is 0 Å². The average Bonchev–Trinajstić information content (AvgIpc) is 2.62. The number of rotatable bonds is 3. The summed E-state index contributed by atoms with van der Waals surface area (Å²) in [5, 5.41) is 9.99. The van der Waals surface area contributed by atoms with Crippen molar-refractivity contribution in [2.24, 2.45) is 0 Å². The summed E-state index contributed by atoms with van der Waals surface area (Å²) >= 11 is 0. The fourth-order valence-corrected chi connectivity index (χ4v) is 2.82. The van der Waals surface area contributed by atoms with E-state index in [9.17, 15) is 18.8 Å². The molecule has 0 radical (unpaired) electrons. The predicted octanol–water partition coefficient (Wildman–Crippen LogP) is 2.42. The molecule has 2 heterocycles. The molecule has 8 nitrogen and oxygen atoms in total. The summed E-state index contributed by atoms with van der Waals surface area (Å²) in [6.45, 7) is 4.41. The van der Waals surface area contributed by atoms with Gasteiger partial charge in [-0.3, -0.25) is 9.59 Å². The smallest absolute Gasteiger partial charge is 0.336 e. The summed E-state index contributed by atoms with van der Waals surface area (Å²) in [7, 11) is 0. The minimum absolute atomic E-state index is 0.0984. The van der Waals surface area contributed by atoms with Crippen LogP contribution in [0.15, 0.2) is 33.5 Å². The number of carbonyl (C=O) groups excluding carboxylic acids is 2. The number of fused-ring (bicyclic) bond motifs is 1. The highest BCUT2D eigenvalue weighted by molar-refractivity contribution is 5.81. The predicted molar refractivity (Wildman–Crippen MR) is 100 cm³/mol. The second-order valence-electron chi connectivity index (χ2n) is 6.52. The van der Waals surface area contributed by atoms with Crippen LogP contribution in [0.3, 0.4) is 0 Å². The van der Waals surface area contributed by atoms with Crippen molar-refractivity contribution in [2.75, 3.05) is 13.2 Å². The van der Waals surface area contributed by atoms with E-state index in [0.29, 0.717) is 12.0 Å². The number of carbonyl (C=O) groups is 2. The van der Waals surface area contributed by atoms with Crippen molar-refractivity contribution < 1.29 is 37.7 Å². The summed E-state index contributed by atoms with van der Waals surface area (Å²) in [4.78, 5) is 32.2. The standard InChI is InChI=1S/C10H15FO5.C10H8O3/c1-6(12)15-5-9-10(11)8(3-4-14-9)16-7(2)13;1-6-4-10(12)13-9-5-7(11)2-3-8(6)9/h8-10H,3-5H2,1-2H3;2-5,11H,1H3. The van der Waals surface area contributed by atoms with Gasteiger partial charge in [0.2, 0.25) is 0 Å². The highest BCUT2D eigenvalue weighted by atomic mass is 19.1. The average molecular weight is 410 g/mol. The van der Waals surface area contributed by atoms with Crippen LogP contribution in [0.4, 0.5) is 4.39 Å². The van der Waals surface area contributed by atoms with Gasteiger partial charge >= 0.3 is 17.6 Å². The van der Waals surface area contributed by atoms with E-state index in [2.05, 4.69) is 4.74 Å². The number of hydrogen-bond acceptors (Lipinski definition) is 8. The highest BCUT2D eigenvalue weighted by Crippen LogP contribution is 2.22. The van der Waals surface area contributed by atoms with Crippen molar-refractivity contribution in [3.63, 3.8) is 0 Å². The quantitative estimate of drug-likeness (QED) is 0.606. The number of halogens is 1. The molecule has 29 heavy (non-hydrogen) atoms. The highest BCUT2D eigenvalue weighted by Gasteiger charge is 2.37. The normalized spacial score (nSPS) is 21.0. The van der Waals surface area contributed by atoms with Crippen molar-refractivity contribution in [1.29, 1.82) is 0 Å². The van der Waals surface area contributed by atoms with Crippen LogP contribution in [0.25, 0.3) is 11.0 Å². The zero-order valence-corrected chi connectivity index (χ0v) is 16.3. The molecule has 158 valence electrons. The van der Waals surface area contributed by atoms with Crippen LogP contribution >= 0.6 is 0 Å². The number of phenols is 1. The van der Waals surface area contributed by atoms with Crippen LogP contribution in [0, 0.1) is 6.92 Å². The van der Waals surface area contributed by atoms with E-state index in [4.69, 9.17) is 19.0 Å². The Bertz CT molecular complexity index is 922. The Morgan fingerprint density at radius 3 is 2.62 bits per heavy atom. The van der Waals surface area contributed by atoms with Gasteiger partial charge in [0.15, 0.2) is 6.17 Å². The lowest BCUT2D eigenvalue weighted by atomic mass is 10.0. The second-order valence-corrected chi connectivity index (χ2v) is 6.52. The molecule has 3 unspecified atom stereocenters. The van der Waals surface area contributed by atoms with Gasteiger partial charge in [-0.05, 0) is 24.6 Å². The lowest BCUT2D eigenvalue weighted by Crippen LogP contribution is -2.46. The van der Waals surface area contributed by atoms with E-state index in [-0.39, 0.29) is 19.0 Å². The van der Waals surface area contributed by atoms with Crippen LogP contribution in [-0.4, -0.2) is 48.6 Å². The van der Waals surface area contributed by atoms with Crippen molar-refractivity contribution in [2.45, 2.75) is 45.6 Å². The van der Waals surface area contributed by atoms with E-state index in [1.807, 2.05) is 6.92 Å². The Labute approximate surface area is 166 Å². The first-order chi connectivity index (χ1) is 13.7. The van der Waals surface area contributed by atoms with Crippen LogP contribution < -0.4 is 5.63 Å². The first-order valence-corrected chi connectivity index (χ1v) is 8.97. The van der Waals surface area contributed by atoms with Crippen LogP contribution in [-0.2, 0) is 23.8 Å². The molecule has 1 aromatic heterocycles. The van der Waals surface area contributed by atoms with Gasteiger partial charge in [-0.1, -0.05) is 0 Å². The van der Waals surface area contributed by atoms with Gasteiger partial charge < -0.3 is 23.7 Å². The summed E-state index contributed by atoms with van der Waals surface area (Å²) in [5.74, 6) is -0.924. The third kappa shape index (κ3) is 6.56. The molecule has 3 rings (SSSR count). The fraction of sp³-hybridized carbons (Fsp3) is 0.450. The maximum absolute atomic E-state index is 13.7. The first-order valence-electron chi connectivity index (χ1n) is 8.97. The second kappa shape index (κ2) is 10.0. The first kappa shape index (κ1) is 22.4. The monoisotopic (exact) mass is 410 g/mol. The van der Waals surface area contributed by atoms with Crippen molar-refractivity contribution in [3.05, 3.63) is 40.2 Å². The van der Waals surface area contributed by atoms with E-state index < -0.39 is 35.9 Å². The molecule has 0 aliphatic carbocycles. The van der Waals surface area contributed by atoms with Crippen LogP contribution in [0.1, 0.15) is 25.8 Å². The summed E-state index contributed by atoms with van der Waals surface area (Å²) in [6.07, 6.45) is -2.82. The summed E-state index contributed by atoms with van der Waals surface area (Å²) in [6, 6.07) is 6.15. The van der Waals surface area contributed by atoms with Gasteiger partial charge in [0.1, 0.15) is 30.1 Å². The minimum atomic E-state index is -1.46. The molecule has 1 saturated heterocycles. The Kier molecular flexibility index (Phi) is 7.72. The fourth-order valence-electron chi connectivity index (χ4n) is 2.82. The van der Waals surface area contributed by atoms with Gasteiger partial charge in [-0.25, -0.2) is 9.18 Å². The molecule has 0 bridgehead atoms. The van der Waals surface area contributed by atoms with Crippen LogP contribution in [0.5, 0.6) is 5.75 Å². The number of aromatic hydroxyl groups is 1. The van der Waals surface area contributed by atoms with E-state index in [1.165, 1.54) is 26.0 Å². The summed E-state index contributed by atoms with van der Waals surface area (Å²) < 4.78 is 33.2. The number of aryl methyl sites for hydroxylation is 1. The SMILES string of the molecule is CC(=O)OCC1OCCC(OC(C)=O)C1F.Cc1cc(=O)oc2cc(O)ccc12. The Morgan fingerprint density at radius 1 is 1.24 bits per heavy atom. The zero-order chi connectivity index (χ0) is 21.6. The molecule has 2 aromatic rings. The number of ether oxygens (including phenoxy) is 3. The van der Waals surface area contributed by atoms with Gasteiger partial charge in [-0.2, -0.15) is 0 Å². The van der Waals surface area contributed by atoms with Gasteiger partial charge in [0.25, 0.3) is 0 Å². The lowest BCUT2D eigenvalue weighted by molar-refractivity contribution is -0.174. The molecule has 0 saturated carbocycles. The Morgan fingerprint density at radius 2 is 1.97 bits per heavy atom. The zero-order valence-electron chi connectivity index (χ0n) is 16.3. The largest absolute Gasteiger partial charge is 0.508 e. The van der Waals surface area contributed by atoms with Gasteiger partial charge in [-0.15, -0.1) is 0 Å². The van der Waals surface area contributed by atoms with Gasteiger partial charge in [0.05, 0.1) is 6.61 Å². The Hall–Kier alpha value is -2.94. The number of phenolic OH excluding ortho intramolecular Hbond substituents is 1. The number of benzene rings is 1. The third-order valence-corrected chi connectivity index (χ3v) is 4.15. The number of hydrogen-bond donors (Lipinski definition) is 1. The molecule has 1 aliphatic rings. The molecule has 1 aliphatic heterocycles. The molecule has 0 amide bonds. The molecular weight excluding hydrogens is 387 g/mol. The van der Waals surface area contributed by atoms with E-state index in [0.717, 1.165) is 10.9 Å². The van der Waals surface area contributed by atoms with Crippen molar-refractivity contribution in [3.8, 4) is 5.75 Å². The summed E-state index contributed by atoms with van der Waals surface area (Å²) in [5.41, 5.74) is 0.881. The topological polar surface area (TPSA) is 112 Å². The van der Waals surface area contributed by atoms with E-state index >= 15 is 0 Å². The molecule has 0 spiro atoms. The minimum Gasteiger partial charge on any atom is -0.508 e. The Balaban J connectivity index is 0.000000211. The van der Waals surface area contributed by atoms with Gasteiger partial charge in [0, 0.05) is 37.8 Å². The molecule has 3 atom stereocenters. The number of esters is 2. The lowest BCUT2D eigenvalue weighted by Gasteiger charge is -2.32. The molecule has 1 aromatic carbocycles. The van der Waals surface area contributed by atoms with Crippen molar-refractivity contribution >= 4 is 22.9 Å². The third-order valence-electron chi connectivity index (χ3n) is 4.15. The molecule has 1 N–H and O–H groups in total. The maximum Gasteiger partial charge on any atom is 0.336 e.